The van der Waals surface area contributed by atoms with E-state index in [1.807, 2.05) is 13.2 Å². The predicted molar refractivity (Wildman–Crippen MR) is 108 cm³/mol. The standard InChI is InChI=1S/C23H24O2Si/c1-24-26(22-16-9-4-10-17-22)19-11-18-23(25-26,20-12-5-2-6-13-20)21-14-7-3-8-15-21/h2-10,12-17H,11,18-19H2,1H3. The first-order chi connectivity index (χ1) is 12.8. The summed E-state index contributed by atoms with van der Waals surface area (Å²) < 4.78 is 13.3. The van der Waals surface area contributed by atoms with Crippen LogP contribution in [0.3, 0.4) is 0 Å². The van der Waals surface area contributed by atoms with Crippen LogP contribution in [0.25, 0.3) is 0 Å². The smallest absolute Gasteiger partial charge is 0.373 e. The molecule has 1 unspecified atom stereocenters. The Kier molecular flexibility index (Phi) is 4.77. The molecule has 1 aliphatic heterocycles. The fraction of sp³-hybridized carbons (Fsp3) is 0.217. The molecule has 3 heteroatoms. The summed E-state index contributed by atoms with van der Waals surface area (Å²) in [5, 5.41) is 1.21. The molecule has 0 aliphatic carbocycles. The second-order valence-corrected chi connectivity index (χ2v) is 10.0. The lowest BCUT2D eigenvalue weighted by atomic mass is 9.83. The topological polar surface area (TPSA) is 18.5 Å². The molecule has 0 radical (unpaired) electrons. The van der Waals surface area contributed by atoms with Crippen molar-refractivity contribution in [3.05, 3.63) is 102 Å². The van der Waals surface area contributed by atoms with E-state index >= 15 is 0 Å². The Hall–Kier alpha value is -2.20. The molecule has 1 heterocycles. The van der Waals surface area contributed by atoms with Gasteiger partial charge in [-0.2, -0.15) is 0 Å². The first kappa shape index (κ1) is 17.2. The van der Waals surface area contributed by atoms with E-state index in [4.69, 9.17) is 8.85 Å². The fourth-order valence-electron chi connectivity index (χ4n) is 4.10. The number of rotatable bonds is 4. The van der Waals surface area contributed by atoms with Crippen LogP contribution >= 0.6 is 0 Å². The van der Waals surface area contributed by atoms with E-state index < -0.39 is 14.2 Å². The Labute approximate surface area is 156 Å². The molecular formula is C23H24O2Si. The maximum Gasteiger partial charge on any atom is 0.373 e. The summed E-state index contributed by atoms with van der Waals surface area (Å²) in [6.07, 6.45) is 2.05. The third kappa shape index (κ3) is 2.92. The SMILES string of the molecule is CO[Si]1(c2ccccc2)CCCC(c2ccccc2)(c2ccccc2)O1. The van der Waals surface area contributed by atoms with E-state index in [0.29, 0.717) is 0 Å². The van der Waals surface area contributed by atoms with Gasteiger partial charge < -0.3 is 8.85 Å². The van der Waals surface area contributed by atoms with Crippen molar-refractivity contribution >= 4 is 13.7 Å². The molecule has 3 aromatic rings. The van der Waals surface area contributed by atoms with Crippen LogP contribution in [0.5, 0.6) is 0 Å². The first-order valence-electron chi connectivity index (χ1n) is 9.21. The summed E-state index contributed by atoms with van der Waals surface area (Å²) in [6, 6.07) is 32.7. The summed E-state index contributed by atoms with van der Waals surface area (Å²) in [7, 11) is -0.723. The van der Waals surface area contributed by atoms with Crippen molar-refractivity contribution < 1.29 is 8.85 Å². The van der Waals surface area contributed by atoms with Crippen molar-refractivity contribution in [3.63, 3.8) is 0 Å². The molecule has 1 atom stereocenters. The molecule has 2 nitrogen and oxygen atoms in total. The quantitative estimate of drug-likeness (QED) is 0.626. The minimum Gasteiger partial charge on any atom is -0.394 e. The van der Waals surface area contributed by atoms with Gasteiger partial charge in [-0.3, -0.25) is 0 Å². The van der Waals surface area contributed by atoms with Gasteiger partial charge in [-0.1, -0.05) is 91.0 Å². The van der Waals surface area contributed by atoms with Crippen molar-refractivity contribution in [2.75, 3.05) is 7.11 Å². The van der Waals surface area contributed by atoms with Gasteiger partial charge in [-0.25, -0.2) is 0 Å². The number of hydrogen-bond acceptors (Lipinski definition) is 2. The van der Waals surface area contributed by atoms with Gasteiger partial charge in [0.05, 0.1) is 0 Å². The van der Waals surface area contributed by atoms with Crippen molar-refractivity contribution in [2.24, 2.45) is 0 Å². The molecule has 4 rings (SSSR count). The largest absolute Gasteiger partial charge is 0.394 e. The second-order valence-electron chi connectivity index (χ2n) is 6.84. The Bertz CT molecular complexity index is 796. The summed E-state index contributed by atoms with van der Waals surface area (Å²) in [5.41, 5.74) is 1.95. The van der Waals surface area contributed by atoms with E-state index in [0.717, 1.165) is 18.9 Å². The Morgan fingerprint density at radius 3 is 1.77 bits per heavy atom. The third-order valence-corrected chi connectivity index (χ3v) is 8.96. The molecule has 0 saturated carbocycles. The van der Waals surface area contributed by atoms with Crippen LogP contribution in [-0.2, 0) is 14.5 Å². The minimum absolute atomic E-state index is 0.459. The predicted octanol–water partition coefficient (Wildman–Crippen LogP) is 4.74. The van der Waals surface area contributed by atoms with E-state index in [1.165, 1.54) is 16.3 Å². The van der Waals surface area contributed by atoms with Crippen LogP contribution in [0.15, 0.2) is 91.0 Å². The zero-order chi connectivity index (χ0) is 17.9. The third-order valence-electron chi connectivity index (χ3n) is 5.40. The number of benzene rings is 3. The van der Waals surface area contributed by atoms with Gasteiger partial charge in [0.25, 0.3) is 0 Å². The molecule has 1 fully saturated rings. The van der Waals surface area contributed by atoms with Gasteiger partial charge in [0, 0.05) is 7.11 Å². The monoisotopic (exact) mass is 360 g/mol. The van der Waals surface area contributed by atoms with Crippen molar-refractivity contribution in [1.82, 2.24) is 0 Å². The van der Waals surface area contributed by atoms with Crippen LogP contribution in [0.4, 0.5) is 0 Å². The lowest BCUT2D eigenvalue weighted by Crippen LogP contribution is -2.60. The normalized spacial score (nSPS) is 22.0. The molecular weight excluding hydrogens is 336 g/mol. The Balaban J connectivity index is 1.87. The van der Waals surface area contributed by atoms with E-state index in [1.54, 1.807) is 0 Å². The van der Waals surface area contributed by atoms with Crippen LogP contribution in [-0.4, -0.2) is 15.7 Å². The van der Waals surface area contributed by atoms with Crippen LogP contribution in [0.1, 0.15) is 24.0 Å². The lowest BCUT2D eigenvalue weighted by Gasteiger charge is -2.47. The van der Waals surface area contributed by atoms with E-state index in [-0.39, 0.29) is 0 Å². The minimum atomic E-state index is -2.53. The molecule has 0 bridgehead atoms. The number of hydrogen-bond donors (Lipinski definition) is 0. The van der Waals surface area contributed by atoms with E-state index in [9.17, 15) is 0 Å². The Morgan fingerprint density at radius 1 is 0.769 bits per heavy atom. The van der Waals surface area contributed by atoms with Crippen molar-refractivity contribution in [2.45, 2.75) is 24.5 Å². The summed E-state index contributed by atoms with van der Waals surface area (Å²) in [6.45, 7) is 0. The Morgan fingerprint density at radius 2 is 1.27 bits per heavy atom. The molecule has 0 spiro atoms. The highest BCUT2D eigenvalue weighted by Gasteiger charge is 2.51. The van der Waals surface area contributed by atoms with Gasteiger partial charge >= 0.3 is 8.56 Å². The van der Waals surface area contributed by atoms with Gasteiger partial charge in [0.1, 0.15) is 5.60 Å². The van der Waals surface area contributed by atoms with Gasteiger partial charge in [0.15, 0.2) is 0 Å². The molecule has 26 heavy (non-hydrogen) atoms. The molecule has 0 N–H and O–H groups in total. The summed E-state index contributed by atoms with van der Waals surface area (Å²) in [5.74, 6) is 0. The average molecular weight is 361 g/mol. The molecule has 1 aliphatic rings. The zero-order valence-electron chi connectivity index (χ0n) is 15.1. The van der Waals surface area contributed by atoms with Gasteiger partial charge in [-0.05, 0) is 35.2 Å². The highest BCUT2D eigenvalue weighted by molar-refractivity contribution is 6.81. The van der Waals surface area contributed by atoms with Crippen molar-refractivity contribution in [1.29, 1.82) is 0 Å². The molecule has 1 saturated heterocycles. The molecule has 0 amide bonds. The first-order valence-corrected chi connectivity index (χ1v) is 11.2. The average Bonchev–Trinajstić information content (AvgIpc) is 2.75. The van der Waals surface area contributed by atoms with Crippen LogP contribution in [0, 0.1) is 0 Å². The molecule has 132 valence electrons. The van der Waals surface area contributed by atoms with Crippen LogP contribution < -0.4 is 5.19 Å². The fourth-order valence-corrected chi connectivity index (χ4v) is 7.37. The van der Waals surface area contributed by atoms with Crippen molar-refractivity contribution in [3.8, 4) is 0 Å². The molecule has 0 aromatic heterocycles. The van der Waals surface area contributed by atoms with Gasteiger partial charge in [-0.15, -0.1) is 0 Å². The second kappa shape index (κ2) is 7.20. The van der Waals surface area contributed by atoms with Crippen LogP contribution in [0.2, 0.25) is 6.04 Å². The van der Waals surface area contributed by atoms with Gasteiger partial charge in [0.2, 0.25) is 0 Å². The highest BCUT2D eigenvalue weighted by atomic mass is 28.4. The lowest BCUT2D eigenvalue weighted by molar-refractivity contribution is 0.0373. The summed E-state index contributed by atoms with van der Waals surface area (Å²) >= 11 is 0. The zero-order valence-corrected chi connectivity index (χ0v) is 16.1. The molecule has 3 aromatic carbocycles. The maximum absolute atomic E-state index is 7.09. The van der Waals surface area contributed by atoms with E-state index in [2.05, 4.69) is 84.9 Å². The summed E-state index contributed by atoms with van der Waals surface area (Å²) in [4.78, 5) is 0. The maximum atomic E-state index is 7.09. The highest BCUT2D eigenvalue weighted by Crippen LogP contribution is 2.45.